The number of benzene rings is 2. The fraction of sp³-hybridized carbons (Fsp3) is 0.190. The highest BCUT2D eigenvalue weighted by Gasteiger charge is 2.19. The molecule has 28 heavy (non-hydrogen) atoms. The van der Waals surface area contributed by atoms with Crippen molar-refractivity contribution < 1.29 is 14.3 Å². The van der Waals surface area contributed by atoms with Gasteiger partial charge in [0.2, 0.25) is 0 Å². The van der Waals surface area contributed by atoms with Crippen molar-refractivity contribution in [3.63, 3.8) is 0 Å². The predicted octanol–water partition coefficient (Wildman–Crippen LogP) is 4.69. The molecule has 0 saturated carbocycles. The van der Waals surface area contributed by atoms with E-state index in [2.05, 4.69) is 5.32 Å². The third kappa shape index (κ3) is 4.14. The van der Waals surface area contributed by atoms with Gasteiger partial charge in [0.1, 0.15) is 11.6 Å². The van der Waals surface area contributed by atoms with Crippen LogP contribution in [0.25, 0.3) is 11.4 Å². The summed E-state index contributed by atoms with van der Waals surface area (Å²) in [5, 5.41) is 12.2. The first kappa shape index (κ1) is 18.4. The molecule has 2 aromatic carbocycles. The maximum atomic E-state index is 13.3. The zero-order valence-electron chi connectivity index (χ0n) is 15.0. The number of hydrogen-bond donors (Lipinski definition) is 2. The number of aryl methyl sites for hydroxylation is 1. The lowest BCUT2D eigenvalue weighted by Gasteiger charge is -2.19. The normalized spacial score (nSPS) is 13.0. The van der Waals surface area contributed by atoms with Gasteiger partial charge in [-0.1, -0.05) is 12.1 Å². The molecule has 5 nitrogen and oxygen atoms in total. The van der Waals surface area contributed by atoms with Gasteiger partial charge >= 0.3 is 5.97 Å². The number of thioether (sulfide) groups is 1. The lowest BCUT2D eigenvalue weighted by atomic mass is 10.1. The molecule has 0 radical (unpaired) electrons. The van der Waals surface area contributed by atoms with Crippen molar-refractivity contribution in [2.45, 2.75) is 24.2 Å². The molecule has 0 spiro atoms. The Kier molecular flexibility index (Phi) is 5.25. The van der Waals surface area contributed by atoms with E-state index in [0.717, 1.165) is 51.8 Å². The van der Waals surface area contributed by atoms with E-state index in [1.54, 1.807) is 36.0 Å². The number of hydrogen-bond acceptors (Lipinski definition) is 5. The SMILES string of the molecule is O=C(O)Cc1ccc(Nc2nc(-c3ccc(F)cc3)nc3c2SCCC3)cc1. The summed E-state index contributed by atoms with van der Waals surface area (Å²) in [5.41, 5.74) is 3.32. The molecule has 7 heteroatoms. The van der Waals surface area contributed by atoms with Gasteiger partial charge in [0, 0.05) is 11.3 Å². The highest BCUT2D eigenvalue weighted by atomic mass is 32.2. The van der Waals surface area contributed by atoms with Gasteiger partial charge in [-0.25, -0.2) is 14.4 Å². The van der Waals surface area contributed by atoms with Crippen molar-refractivity contribution in [2.75, 3.05) is 11.1 Å². The van der Waals surface area contributed by atoms with Crippen molar-refractivity contribution in [3.8, 4) is 11.4 Å². The Morgan fingerprint density at radius 3 is 2.57 bits per heavy atom. The molecular formula is C21H18FN3O2S. The number of halogens is 1. The molecule has 0 bridgehead atoms. The quantitative estimate of drug-likeness (QED) is 0.653. The third-order valence-electron chi connectivity index (χ3n) is 4.41. The fourth-order valence-electron chi connectivity index (χ4n) is 3.06. The number of rotatable bonds is 5. The number of aromatic nitrogens is 2. The van der Waals surface area contributed by atoms with Gasteiger partial charge in [0.05, 0.1) is 17.0 Å². The van der Waals surface area contributed by atoms with Crippen LogP contribution in [-0.2, 0) is 17.6 Å². The second kappa shape index (κ2) is 7.98. The van der Waals surface area contributed by atoms with Crippen molar-refractivity contribution in [3.05, 3.63) is 65.6 Å². The lowest BCUT2D eigenvalue weighted by Crippen LogP contribution is -2.09. The number of carboxylic acid groups (broad SMARTS) is 1. The van der Waals surface area contributed by atoms with E-state index < -0.39 is 5.97 Å². The number of aliphatic carboxylic acids is 1. The van der Waals surface area contributed by atoms with Gasteiger partial charge in [-0.15, -0.1) is 11.8 Å². The Bertz CT molecular complexity index is 1010. The predicted molar refractivity (Wildman–Crippen MR) is 108 cm³/mol. The van der Waals surface area contributed by atoms with Gasteiger partial charge in [-0.05, 0) is 60.6 Å². The zero-order chi connectivity index (χ0) is 19.5. The van der Waals surface area contributed by atoms with Gasteiger partial charge in [0.15, 0.2) is 5.82 Å². The highest BCUT2D eigenvalue weighted by Crippen LogP contribution is 2.37. The second-order valence-corrected chi connectivity index (χ2v) is 7.63. The molecule has 2 N–H and O–H groups in total. The van der Waals surface area contributed by atoms with Crippen LogP contribution in [0.15, 0.2) is 53.4 Å². The number of carbonyl (C=O) groups is 1. The molecule has 0 unspecified atom stereocenters. The van der Waals surface area contributed by atoms with E-state index in [1.807, 2.05) is 12.1 Å². The van der Waals surface area contributed by atoms with E-state index >= 15 is 0 Å². The summed E-state index contributed by atoms with van der Waals surface area (Å²) >= 11 is 1.73. The average Bonchev–Trinajstić information content (AvgIpc) is 2.69. The smallest absolute Gasteiger partial charge is 0.307 e. The van der Waals surface area contributed by atoms with Crippen LogP contribution in [0.1, 0.15) is 17.7 Å². The minimum Gasteiger partial charge on any atom is -0.481 e. The molecular weight excluding hydrogens is 377 g/mol. The van der Waals surface area contributed by atoms with Crippen molar-refractivity contribution in [2.24, 2.45) is 0 Å². The molecule has 0 aliphatic carbocycles. The second-order valence-electron chi connectivity index (χ2n) is 6.52. The Hall–Kier alpha value is -2.93. The molecule has 4 rings (SSSR count). The fourth-order valence-corrected chi connectivity index (χ4v) is 4.10. The Morgan fingerprint density at radius 2 is 1.86 bits per heavy atom. The summed E-state index contributed by atoms with van der Waals surface area (Å²) in [5.74, 6) is 1.15. The van der Waals surface area contributed by atoms with Crippen LogP contribution in [0.3, 0.4) is 0 Å². The molecule has 0 amide bonds. The topological polar surface area (TPSA) is 75.1 Å². The first-order valence-electron chi connectivity index (χ1n) is 8.96. The van der Waals surface area contributed by atoms with Crippen LogP contribution < -0.4 is 5.32 Å². The minimum absolute atomic E-state index is 0.00620. The summed E-state index contributed by atoms with van der Waals surface area (Å²) in [7, 11) is 0. The third-order valence-corrected chi connectivity index (χ3v) is 5.62. The van der Waals surface area contributed by atoms with Crippen LogP contribution in [0.2, 0.25) is 0 Å². The average molecular weight is 395 g/mol. The number of carboxylic acids is 1. The summed E-state index contributed by atoms with van der Waals surface area (Å²) in [6, 6.07) is 13.4. The first-order valence-corrected chi connectivity index (χ1v) is 9.94. The van der Waals surface area contributed by atoms with Gasteiger partial charge < -0.3 is 10.4 Å². The molecule has 142 valence electrons. The van der Waals surface area contributed by atoms with Crippen LogP contribution in [0.4, 0.5) is 15.9 Å². The molecule has 0 fully saturated rings. The zero-order valence-corrected chi connectivity index (χ0v) is 15.8. The molecule has 1 aliphatic heterocycles. The molecule has 3 aromatic rings. The highest BCUT2D eigenvalue weighted by molar-refractivity contribution is 7.99. The maximum absolute atomic E-state index is 13.3. The van der Waals surface area contributed by atoms with E-state index in [4.69, 9.17) is 15.1 Å². The molecule has 1 aromatic heterocycles. The van der Waals surface area contributed by atoms with Gasteiger partial charge in [-0.2, -0.15) is 0 Å². The van der Waals surface area contributed by atoms with Crippen LogP contribution in [-0.4, -0.2) is 26.8 Å². The van der Waals surface area contributed by atoms with E-state index in [-0.39, 0.29) is 12.2 Å². The summed E-state index contributed by atoms with van der Waals surface area (Å²) in [6.07, 6.45) is 1.93. The summed E-state index contributed by atoms with van der Waals surface area (Å²) < 4.78 is 13.3. The molecule has 0 saturated heterocycles. The van der Waals surface area contributed by atoms with E-state index in [1.165, 1.54) is 12.1 Å². The minimum atomic E-state index is -0.856. The number of fused-ring (bicyclic) bond motifs is 1. The van der Waals surface area contributed by atoms with E-state index in [0.29, 0.717) is 5.82 Å². The molecule has 1 aliphatic rings. The Balaban J connectivity index is 1.68. The summed E-state index contributed by atoms with van der Waals surface area (Å²) in [6.45, 7) is 0. The number of nitrogens with one attached hydrogen (secondary N) is 1. The van der Waals surface area contributed by atoms with Crippen LogP contribution >= 0.6 is 11.8 Å². The largest absolute Gasteiger partial charge is 0.481 e. The van der Waals surface area contributed by atoms with Crippen LogP contribution in [0.5, 0.6) is 0 Å². The number of anilines is 2. The van der Waals surface area contributed by atoms with E-state index in [9.17, 15) is 9.18 Å². The standard InChI is InChI=1S/C21H18FN3O2S/c22-15-7-5-14(6-8-15)20-24-17-2-1-11-28-19(17)21(25-20)23-16-9-3-13(4-10-16)12-18(26)27/h3-10H,1-2,11-12H2,(H,26,27)(H,23,24,25). The molecule has 0 atom stereocenters. The summed E-state index contributed by atoms with van der Waals surface area (Å²) in [4.78, 5) is 21.3. The van der Waals surface area contributed by atoms with Crippen LogP contribution in [0, 0.1) is 5.82 Å². The Labute approximate surface area is 166 Å². The van der Waals surface area contributed by atoms with Crippen molar-refractivity contribution in [1.82, 2.24) is 9.97 Å². The molecule has 2 heterocycles. The Morgan fingerprint density at radius 1 is 1.11 bits per heavy atom. The number of nitrogens with zero attached hydrogens (tertiary/aromatic N) is 2. The van der Waals surface area contributed by atoms with Gasteiger partial charge in [0.25, 0.3) is 0 Å². The monoisotopic (exact) mass is 395 g/mol. The van der Waals surface area contributed by atoms with Crippen molar-refractivity contribution >= 4 is 29.2 Å². The lowest BCUT2D eigenvalue weighted by molar-refractivity contribution is -0.136. The maximum Gasteiger partial charge on any atom is 0.307 e. The van der Waals surface area contributed by atoms with Crippen molar-refractivity contribution in [1.29, 1.82) is 0 Å². The van der Waals surface area contributed by atoms with Gasteiger partial charge in [-0.3, -0.25) is 4.79 Å². The first-order chi connectivity index (χ1) is 13.6.